The Morgan fingerprint density at radius 2 is 1.91 bits per heavy atom. The van der Waals surface area contributed by atoms with Gasteiger partial charge in [0.1, 0.15) is 11.5 Å². The maximum atomic E-state index is 11.2. The van der Waals surface area contributed by atoms with Crippen LogP contribution in [0.5, 0.6) is 11.5 Å². The molecule has 2 aromatic carbocycles. The first-order chi connectivity index (χ1) is 11.1. The molecule has 2 rings (SSSR count). The van der Waals surface area contributed by atoms with Crippen molar-refractivity contribution in [1.29, 1.82) is 0 Å². The highest BCUT2D eigenvalue weighted by Gasteiger charge is 2.04. The monoisotopic (exact) mass is 331 g/mol. The molecule has 0 aliphatic heterocycles. The molecular formula is C16H17N3O3S. The van der Waals surface area contributed by atoms with Crippen molar-refractivity contribution in [2.75, 3.05) is 12.4 Å². The van der Waals surface area contributed by atoms with Crippen molar-refractivity contribution in [2.45, 2.75) is 6.42 Å². The van der Waals surface area contributed by atoms with Gasteiger partial charge < -0.3 is 20.2 Å². The molecule has 120 valence electrons. The van der Waals surface area contributed by atoms with Gasteiger partial charge in [0.25, 0.3) is 0 Å². The van der Waals surface area contributed by atoms with Gasteiger partial charge in [0.15, 0.2) is 5.11 Å². The van der Waals surface area contributed by atoms with Crippen LogP contribution in [-0.2, 0) is 16.0 Å². The minimum atomic E-state index is -0.276. The Kier molecular flexibility index (Phi) is 5.90. The zero-order valence-electron chi connectivity index (χ0n) is 12.5. The highest BCUT2D eigenvalue weighted by Crippen LogP contribution is 2.24. The minimum Gasteiger partial charge on any atom is -0.469 e. The molecule has 23 heavy (non-hydrogen) atoms. The predicted octanol–water partition coefficient (Wildman–Crippen LogP) is 2.35. The zero-order valence-corrected chi connectivity index (χ0v) is 13.4. The van der Waals surface area contributed by atoms with Crippen molar-refractivity contribution in [2.24, 2.45) is 5.84 Å². The fourth-order valence-electron chi connectivity index (χ4n) is 1.85. The van der Waals surface area contributed by atoms with Crippen LogP contribution in [0.3, 0.4) is 0 Å². The van der Waals surface area contributed by atoms with E-state index in [2.05, 4.69) is 15.5 Å². The van der Waals surface area contributed by atoms with Gasteiger partial charge in [0, 0.05) is 11.8 Å². The van der Waals surface area contributed by atoms with Crippen LogP contribution in [-0.4, -0.2) is 18.2 Å². The molecule has 0 fully saturated rings. The molecule has 0 radical (unpaired) electrons. The number of esters is 1. The molecule has 0 saturated heterocycles. The van der Waals surface area contributed by atoms with Gasteiger partial charge in [0.05, 0.1) is 13.5 Å². The summed E-state index contributed by atoms with van der Waals surface area (Å²) in [5.41, 5.74) is 3.97. The molecule has 0 amide bonds. The zero-order chi connectivity index (χ0) is 16.7. The highest BCUT2D eigenvalue weighted by molar-refractivity contribution is 7.80. The fourth-order valence-corrected chi connectivity index (χ4v) is 1.97. The van der Waals surface area contributed by atoms with Crippen molar-refractivity contribution >= 4 is 29.0 Å². The predicted molar refractivity (Wildman–Crippen MR) is 92.2 cm³/mol. The molecule has 0 spiro atoms. The van der Waals surface area contributed by atoms with Gasteiger partial charge in [0.2, 0.25) is 0 Å². The first-order valence-electron chi connectivity index (χ1n) is 6.82. The average molecular weight is 331 g/mol. The third kappa shape index (κ3) is 5.24. The molecular weight excluding hydrogens is 314 g/mol. The number of methoxy groups -OCH3 is 1. The van der Waals surface area contributed by atoms with E-state index in [4.69, 9.17) is 22.8 Å². The van der Waals surface area contributed by atoms with Gasteiger partial charge in [-0.05, 0) is 42.0 Å². The lowest BCUT2D eigenvalue weighted by atomic mass is 10.1. The maximum absolute atomic E-state index is 11.2. The number of nitrogens with one attached hydrogen (secondary N) is 2. The lowest BCUT2D eigenvalue weighted by molar-refractivity contribution is -0.139. The summed E-state index contributed by atoms with van der Waals surface area (Å²) in [5.74, 6) is 6.26. The highest BCUT2D eigenvalue weighted by atomic mass is 32.1. The molecule has 0 aromatic heterocycles. The normalized spacial score (nSPS) is 9.83. The summed E-state index contributed by atoms with van der Waals surface area (Å²) >= 11 is 4.94. The van der Waals surface area contributed by atoms with Crippen LogP contribution in [0.1, 0.15) is 5.56 Å². The van der Waals surface area contributed by atoms with Gasteiger partial charge in [-0.3, -0.25) is 4.79 Å². The molecule has 4 N–H and O–H groups in total. The third-order valence-electron chi connectivity index (χ3n) is 2.96. The van der Waals surface area contributed by atoms with Crippen molar-refractivity contribution in [3.8, 4) is 11.5 Å². The van der Waals surface area contributed by atoms with Crippen molar-refractivity contribution in [3.05, 3.63) is 54.1 Å². The Hall–Kier alpha value is -2.64. The number of nitrogens with two attached hydrogens (primary N) is 1. The largest absolute Gasteiger partial charge is 0.469 e. The summed E-state index contributed by atoms with van der Waals surface area (Å²) < 4.78 is 10.4. The second kappa shape index (κ2) is 8.11. The van der Waals surface area contributed by atoms with Crippen LogP contribution >= 0.6 is 12.2 Å². The number of benzene rings is 2. The van der Waals surface area contributed by atoms with Gasteiger partial charge in [-0.2, -0.15) is 0 Å². The number of thiocarbonyl (C=S) groups is 1. The SMILES string of the molecule is COC(=O)Cc1ccc(Oc2cccc(NC(=S)NN)c2)cc1. The molecule has 0 atom stereocenters. The van der Waals surface area contributed by atoms with Crippen LogP contribution in [0.2, 0.25) is 0 Å². The molecule has 0 aliphatic rings. The number of rotatable bonds is 5. The topological polar surface area (TPSA) is 85.6 Å². The van der Waals surface area contributed by atoms with E-state index in [1.165, 1.54) is 7.11 Å². The van der Waals surface area contributed by atoms with Crippen molar-refractivity contribution in [1.82, 2.24) is 5.43 Å². The molecule has 7 heteroatoms. The first-order valence-corrected chi connectivity index (χ1v) is 7.23. The fraction of sp³-hybridized carbons (Fsp3) is 0.125. The molecule has 0 bridgehead atoms. The molecule has 0 saturated carbocycles. The number of carbonyl (C=O) groups excluding carboxylic acids is 1. The van der Waals surface area contributed by atoms with E-state index in [0.29, 0.717) is 16.6 Å². The summed E-state index contributed by atoms with van der Waals surface area (Å²) in [4.78, 5) is 11.2. The standard InChI is InChI=1S/C16H17N3O3S/c1-21-15(20)9-11-5-7-13(8-6-11)22-14-4-2-3-12(10-14)18-16(23)19-17/h2-8,10H,9,17H2,1H3,(H2,18,19,23). The third-order valence-corrected chi connectivity index (χ3v) is 3.18. The van der Waals surface area contributed by atoms with E-state index in [9.17, 15) is 4.79 Å². The average Bonchev–Trinajstić information content (AvgIpc) is 2.56. The maximum Gasteiger partial charge on any atom is 0.309 e. The van der Waals surface area contributed by atoms with Crippen molar-refractivity contribution in [3.63, 3.8) is 0 Å². The number of anilines is 1. The van der Waals surface area contributed by atoms with Crippen LogP contribution < -0.4 is 21.3 Å². The molecule has 2 aromatic rings. The summed E-state index contributed by atoms with van der Waals surface area (Å²) in [6.07, 6.45) is 0.236. The molecule has 0 aliphatic carbocycles. The number of carbonyl (C=O) groups is 1. The summed E-state index contributed by atoms with van der Waals surface area (Å²) in [6, 6.07) is 14.5. The Morgan fingerprint density at radius 1 is 1.17 bits per heavy atom. The Labute approximate surface area is 139 Å². The summed E-state index contributed by atoms with van der Waals surface area (Å²) in [7, 11) is 1.37. The van der Waals surface area contributed by atoms with Gasteiger partial charge in [-0.1, -0.05) is 18.2 Å². The van der Waals surface area contributed by atoms with Crippen LogP contribution in [0.4, 0.5) is 5.69 Å². The Bertz CT molecular complexity index is 689. The molecule has 6 nitrogen and oxygen atoms in total. The Morgan fingerprint density at radius 3 is 2.57 bits per heavy atom. The van der Waals surface area contributed by atoms with Crippen LogP contribution in [0.15, 0.2) is 48.5 Å². The quantitative estimate of drug-likeness (QED) is 0.335. The van der Waals surface area contributed by atoms with Crippen LogP contribution in [0.25, 0.3) is 0 Å². The van der Waals surface area contributed by atoms with Crippen molar-refractivity contribution < 1.29 is 14.3 Å². The van der Waals surface area contributed by atoms with Crippen LogP contribution in [0, 0.1) is 0 Å². The smallest absolute Gasteiger partial charge is 0.309 e. The molecule has 0 heterocycles. The number of hydrogen-bond donors (Lipinski definition) is 3. The second-order valence-corrected chi connectivity index (χ2v) is 5.03. The van der Waals surface area contributed by atoms with E-state index < -0.39 is 0 Å². The van der Waals surface area contributed by atoms with E-state index in [1.54, 1.807) is 18.2 Å². The second-order valence-electron chi connectivity index (χ2n) is 4.63. The van der Waals surface area contributed by atoms with E-state index >= 15 is 0 Å². The van der Waals surface area contributed by atoms with Gasteiger partial charge in [-0.15, -0.1) is 0 Å². The van der Waals surface area contributed by atoms with E-state index in [0.717, 1.165) is 11.3 Å². The van der Waals surface area contributed by atoms with E-state index in [-0.39, 0.29) is 12.4 Å². The summed E-state index contributed by atoms with van der Waals surface area (Å²) in [5, 5.41) is 3.23. The number of hydrazine groups is 1. The van der Waals surface area contributed by atoms with E-state index in [1.807, 2.05) is 30.3 Å². The lowest BCUT2D eigenvalue weighted by Gasteiger charge is -2.10. The Balaban J connectivity index is 2.03. The summed E-state index contributed by atoms with van der Waals surface area (Å²) in [6.45, 7) is 0. The first kappa shape index (κ1) is 16.7. The molecule has 0 unspecified atom stereocenters. The van der Waals surface area contributed by atoms with Gasteiger partial charge in [-0.25, -0.2) is 5.84 Å². The van der Waals surface area contributed by atoms with Gasteiger partial charge >= 0.3 is 5.97 Å². The minimum absolute atomic E-state index is 0.236. The lowest BCUT2D eigenvalue weighted by Crippen LogP contribution is -2.34. The number of ether oxygens (including phenoxy) is 2. The number of hydrogen-bond acceptors (Lipinski definition) is 5.